The molecular formula is C15H20O4. The minimum atomic E-state index is -0.230. The molecule has 1 aliphatic rings. The van der Waals surface area contributed by atoms with Crippen molar-refractivity contribution in [1.82, 2.24) is 0 Å². The first-order valence-corrected chi connectivity index (χ1v) is 6.56. The minimum absolute atomic E-state index is 0.159. The van der Waals surface area contributed by atoms with Gasteiger partial charge in [-0.05, 0) is 19.4 Å². The molecule has 1 heterocycles. The summed E-state index contributed by atoms with van der Waals surface area (Å²) in [7, 11) is 1.63. The number of benzene rings is 1. The SMILES string of the molecule is CCOC(=O)C[C@@]1(C)CCOc2cc(OC)ccc21. The predicted octanol–water partition coefficient (Wildman–Crippen LogP) is 2.69. The molecule has 0 amide bonds. The zero-order valence-electron chi connectivity index (χ0n) is 11.7. The van der Waals surface area contributed by atoms with Gasteiger partial charge in [0.1, 0.15) is 11.5 Å². The second-order valence-corrected chi connectivity index (χ2v) is 5.00. The average Bonchev–Trinajstić information content (AvgIpc) is 2.38. The van der Waals surface area contributed by atoms with Crippen LogP contribution in [-0.4, -0.2) is 26.3 Å². The van der Waals surface area contributed by atoms with Crippen molar-refractivity contribution in [2.45, 2.75) is 32.1 Å². The molecule has 0 aliphatic carbocycles. The highest BCUT2D eigenvalue weighted by Crippen LogP contribution is 2.42. The molecule has 0 radical (unpaired) electrons. The van der Waals surface area contributed by atoms with Gasteiger partial charge >= 0.3 is 5.97 Å². The maximum atomic E-state index is 11.8. The second-order valence-electron chi connectivity index (χ2n) is 5.00. The van der Waals surface area contributed by atoms with Gasteiger partial charge < -0.3 is 14.2 Å². The number of ether oxygens (including phenoxy) is 3. The monoisotopic (exact) mass is 264 g/mol. The van der Waals surface area contributed by atoms with Gasteiger partial charge in [-0.2, -0.15) is 0 Å². The molecule has 2 rings (SSSR count). The number of hydrogen-bond donors (Lipinski definition) is 0. The summed E-state index contributed by atoms with van der Waals surface area (Å²) in [5.41, 5.74) is 0.819. The lowest BCUT2D eigenvalue weighted by Gasteiger charge is -2.35. The van der Waals surface area contributed by atoms with E-state index in [2.05, 4.69) is 6.92 Å². The van der Waals surface area contributed by atoms with Gasteiger partial charge in [0.15, 0.2) is 0 Å². The highest BCUT2D eigenvalue weighted by molar-refractivity contribution is 5.72. The van der Waals surface area contributed by atoms with Crippen LogP contribution in [0.4, 0.5) is 0 Å². The number of hydrogen-bond acceptors (Lipinski definition) is 4. The molecule has 0 saturated heterocycles. The van der Waals surface area contributed by atoms with Crippen molar-refractivity contribution in [3.05, 3.63) is 23.8 Å². The van der Waals surface area contributed by atoms with E-state index in [1.165, 1.54) is 0 Å². The van der Waals surface area contributed by atoms with Gasteiger partial charge in [-0.25, -0.2) is 0 Å². The Kier molecular flexibility index (Phi) is 3.98. The number of esters is 1. The fourth-order valence-electron chi connectivity index (χ4n) is 2.48. The number of fused-ring (bicyclic) bond motifs is 1. The summed E-state index contributed by atoms with van der Waals surface area (Å²) in [5.74, 6) is 1.41. The van der Waals surface area contributed by atoms with Crippen molar-refractivity contribution in [3.63, 3.8) is 0 Å². The van der Waals surface area contributed by atoms with Crippen LogP contribution in [-0.2, 0) is 14.9 Å². The van der Waals surface area contributed by atoms with E-state index >= 15 is 0 Å². The summed E-state index contributed by atoms with van der Waals surface area (Å²) in [6.45, 7) is 4.93. The van der Waals surface area contributed by atoms with E-state index in [0.717, 1.165) is 23.5 Å². The summed E-state index contributed by atoms with van der Waals surface area (Å²) < 4.78 is 15.9. The van der Waals surface area contributed by atoms with Gasteiger partial charge in [0.2, 0.25) is 0 Å². The lowest BCUT2D eigenvalue weighted by atomic mass is 9.75. The highest BCUT2D eigenvalue weighted by atomic mass is 16.5. The van der Waals surface area contributed by atoms with E-state index in [0.29, 0.717) is 19.6 Å². The van der Waals surface area contributed by atoms with Crippen molar-refractivity contribution in [2.75, 3.05) is 20.3 Å². The first-order chi connectivity index (χ1) is 9.09. The first-order valence-electron chi connectivity index (χ1n) is 6.56. The summed E-state index contributed by atoms with van der Waals surface area (Å²) >= 11 is 0. The summed E-state index contributed by atoms with van der Waals surface area (Å²) in [6, 6.07) is 5.75. The van der Waals surface area contributed by atoms with Gasteiger partial charge in [-0.3, -0.25) is 4.79 Å². The fraction of sp³-hybridized carbons (Fsp3) is 0.533. The van der Waals surface area contributed by atoms with Crippen LogP contribution in [0.25, 0.3) is 0 Å². The summed E-state index contributed by atoms with van der Waals surface area (Å²) in [5, 5.41) is 0. The lowest BCUT2D eigenvalue weighted by molar-refractivity contribution is -0.144. The third-order valence-corrected chi connectivity index (χ3v) is 3.59. The molecule has 0 unspecified atom stereocenters. The average molecular weight is 264 g/mol. The standard InChI is InChI=1S/C15H20O4/c1-4-18-14(16)10-15(2)7-8-19-13-9-11(17-3)5-6-12(13)15/h5-6,9H,4,7-8,10H2,1-3H3/t15-/m1/s1. The van der Waals surface area contributed by atoms with E-state index in [9.17, 15) is 4.79 Å². The Balaban J connectivity index is 2.27. The number of carbonyl (C=O) groups is 1. The number of rotatable bonds is 4. The lowest BCUT2D eigenvalue weighted by Crippen LogP contribution is -2.33. The molecular weight excluding hydrogens is 244 g/mol. The van der Waals surface area contributed by atoms with Crippen LogP contribution in [0.15, 0.2) is 18.2 Å². The Hall–Kier alpha value is -1.71. The van der Waals surface area contributed by atoms with Crippen molar-refractivity contribution < 1.29 is 19.0 Å². The molecule has 1 aliphatic heterocycles. The fourth-order valence-corrected chi connectivity index (χ4v) is 2.48. The molecule has 19 heavy (non-hydrogen) atoms. The molecule has 0 spiro atoms. The largest absolute Gasteiger partial charge is 0.497 e. The van der Waals surface area contributed by atoms with Crippen molar-refractivity contribution in [3.8, 4) is 11.5 Å². The van der Waals surface area contributed by atoms with Gasteiger partial charge in [0.05, 0.1) is 26.7 Å². The van der Waals surface area contributed by atoms with Crippen molar-refractivity contribution >= 4 is 5.97 Å². The normalized spacial score (nSPS) is 21.2. The second kappa shape index (κ2) is 5.51. The zero-order chi connectivity index (χ0) is 13.9. The Morgan fingerprint density at radius 2 is 2.26 bits per heavy atom. The van der Waals surface area contributed by atoms with Crippen LogP contribution < -0.4 is 9.47 Å². The molecule has 0 bridgehead atoms. The van der Waals surface area contributed by atoms with Gasteiger partial charge in [0, 0.05) is 17.0 Å². The van der Waals surface area contributed by atoms with Crippen LogP contribution >= 0.6 is 0 Å². The number of carbonyl (C=O) groups excluding carboxylic acids is 1. The molecule has 1 aromatic rings. The Bertz CT molecular complexity index is 469. The first kappa shape index (κ1) is 13.7. The molecule has 0 N–H and O–H groups in total. The summed E-state index contributed by atoms with van der Waals surface area (Å²) in [6.07, 6.45) is 1.19. The van der Waals surface area contributed by atoms with Crippen molar-refractivity contribution in [1.29, 1.82) is 0 Å². The van der Waals surface area contributed by atoms with E-state index in [4.69, 9.17) is 14.2 Å². The molecule has 1 atom stereocenters. The highest BCUT2D eigenvalue weighted by Gasteiger charge is 2.36. The van der Waals surface area contributed by atoms with E-state index in [1.807, 2.05) is 25.1 Å². The Labute approximate surface area is 113 Å². The van der Waals surface area contributed by atoms with E-state index in [-0.39, 0.29) is 11.4 Å². The molecule has 0 saturated carbocycles. The number of methoxy groups -OCH3 is 1. The van der Waals surface area contributed by atoms with Crippen LogP contribution in [0.3, 0.4) is 0 Å². The molecule has 0 aromatic heterocycles. The minimum Gasteiger partial charge on any atom is -0.497 e. The maximum Gasteiger partial charge on any atom is 0.306 e. The third kappa shape index (κ3) is 2.83. The predicted molar refractivity (Wildman–Crippen MR) is 71.7 cm³/mol. The third-order valence-electron chi connectivity index (χ3n) is 3.59. The molecule has 0 fully saturated rings. The van der Waals surface area contributed by atoms with E-state index < -0.39 is 0 Å². The quantitative estimate of drug-likeness (QED) is 0.784. The summed E-state index contributed by atoms with van der Waals surface area (Å²) in [4.78, 5) is 11.8. The maximum absolute atomic E-state index is 11.8. The van der Waals surface area contributed by atoms with E-state index in [1.54, 1.807) is 7.11 Å². The van der Waals surface area contributed by atoms with Gasteiger partial charge in [-0.15, -0.1) is 0 Å². The molecule has 4 nitrogen and oxygen atoms in total. The topological polar surface area (TPSA) is 44.8 Å². The van der Waals surface area contributed by atoms with Gasteiger partial charge in [-0.1, -0.05) is 13.0 Å². The molecule has 104 valence electrons. The molecule has 1 aromatic carbocycles. The Morgan fingerprint density at radius 1 is 1.47 bits per heavy atom. The zero-order valence-corrected chi connectivity index (χ0v) is 11.7. The smallest absolute Gasteiger partial charge is 0.306 e. The van der Waals surface area contributed by atoms with Crippen LogP contribution in [0.2, 0.25) is 0 Å². The van der Waals surface area contributed by atoms with Gasteiger partial charge in [0.25, 0.3) is 0 Å². The van der Waals surface area contributed by atoms with Crippen molar-refractivity contribution in [2.24, 2.45) is 0 Å². The van der Waals surface area contributed by atoms with Crippen LogP contribution in [0.1, 0.15) is 32.3 Å². The van der Waals surface area contributed by atoms with Crippen LogP contribution in [0.5, 0.6) is 11.5 Å². The molecule has 4 heteroatoms. The Morgan fingerprint density at radius 3 is 2.95 bits per heavy atom. The van der Waals surface area contributed by atoms with Crippen LogP contribution in [0, 0.1) is 0 Å².